The zero-order chi connectivity index (χ0) is 15.6. The Morgan fingerprint density at radius 3 is 2.29 bits per heavy atom. The van der Waals surface area contributed by atoms with Crippen LogP contribution in [0, 0.1) is 0 Å². The second-order valence-electron chi connectivity index (χ2n) is 5.37. The number of esters is 1. The van der Waals surface area contributed by atoms with Crippen molar-refractivity contribution in [2.75, 3.05) is 0 Å². The molecule has 1 heterocycles. The van der Waals surface area contributed by atoms with Gasteiger partial charge in [-0.3, -0.25) is 4.79 Å². The second kappa shape index (κ2) is 5.35. The predicted molar refractivity (Wildman–Crippen MR) is 73.4 cm³/mol. The van der Waals surface area contributed by atoms with E-state index in [-0.39, 0.29) is 11.7 Å². The lowest BCUT2D eigenvalue weighted by Crippen LogP contribution is -2.23. The third kappa shape index (κ3) is 3.65. The molecule has 7 heteroatoms. The molecule has 0 aliphatic carbocycles. The van der Waals surface area contributed by atoms with Gasteiger partial charge in [0.2, 0.25) is 5.82 Å². The highest BCUT2D eigenvalue weighted by molar-refractivity contribution is 5.90. The number of primary amides is 1. The van der Waals surface area contributed by atoms with Gasteiger partial charge in [0, 0.05) is 5.56 Å². The van der Waals surface area contributed by atoms with E-state index in [0.29, 0.717) is 11.1 Å². The van der Waals surface area contributed by atoms with E-state index in [9.17, 15) is 9.59 Å². The molecule has 110 valence electrons. The lowest BCUT2D eigenvalue weighted by atomic mass is 10.1. The number of hydrogen-bond acceptors (Lipinski definition) is 6. The lowest BCUT2D eigenvalue weighted by molar-refractivity contribution is 0.00694. The van der Waals surface area contributed by atoms with Gasteiger partial charge in [0.05, 0.1) is 5.56 Å². The maximum absolute atomic E-state index is 11.9. The third-order valence-electron chi connectivity index (χ3n) is 2.41. The van der Waals surface area contributed by atoms with Crippen LogP contribution in [-0.4, -0.2) is 27.6 Å². The normalized spacial score (nSPS) is 11.2. The van der Waals surface area contributed by atoms with Gasteiger partial charge in [-0.1, -0.05) is 17.3 Å². The van der Waals surface area contributed by atoms with Crippen molar-refractivity contribution in [1.82, 2.24) is 10.1 Å². The summed E-state index contributed by atoms with van der Waals surface area (Å²) in [6.07, 6.45) is 0. The van der Waals surface area contributed by atoms with E-state index in [0.717, 1.165) is 0 Å². The van der Waals surface area contributed by atoms with Crippen LogP contribution >= 0.6 is 0 Å². The van der Waals surface area contributed by atoms with Crippen molar-refractivity contribution in [1.29, 1.82) is 0 Å². The number of carbonyl (C=O) groups excluding carboxylic acids is 2. The molecule has 0 aliphatic heterocycles. The molecule has 0 saturated heterocycles. The molecule has 2 N–H and O–H groups in total. The number of rotatable bonds is 3. The lowest BCUT2D eigenvalue weighted by Gasteiger charge is -2.19. The van der Waals surface area contributed by atoms with Gasteiger partial charge < -0.3 is 15.0 Å². The van der Waals surface area contributed by atoms with Gasteiger partial charge in [-0.2, -0.15) is 4.98 Å². The van der Waals surface area contributed by atoms with Crippen LogP contribution in [0.2, 0.25) is 0 Å². The first-order valence-electron chi connectivity index (χ1n) is 6.23. The molecule has 0 spiro atoms. The number of benzene rings is 1. The van der Waals surface area contributed by atoms with Gasteiger partial charge in [-0.15, -0.1) is 0 Å². The summed E-state index contributed by atoms with van der Waals surface area (Å²) in [6, 6.07) is 6.44. The van der Waals surface area contributed by atoms with E-state index in [4.69, 9.17) is 15.0 Å². The minimum absolute atomic E-state index is 0.222. The molecule has 0 radical (unpaired) electrons. The average Bonchev–Trinajstić information content (AvgIpc) is 2.86. The molecule has 2 rings (SSSR count). The SMILES string of the molecule is CC(C)(C)OC(=O)c1ccc(-c2noc(C(N)=O)n2)cc1. The van der Waals surface area contributed by atoms with Crippen LogP contribution in [0.3, 0.4) is 0 Å². The average molecular weight is 289 g/mol. The molecular formula is C14H15N3O4. The monoisotopic (exact) mass is 289 g/mol. The summed E-state index contributed by atoms with van der Waals surface area (Å²) in [4.78, 5) is 26.6. The molecule has 21 heavy (non-hydrogen) atoms. The number of aromatic nitrogens is 2. The first kappa shape index (κ1) is 14.7. The Labute approximate surface area is 121 Å². The Balaban J connectivity index is 2.18. The van der Waals surface area contributed by atoms with Crippen LogP contribution in [0.15, 0.2) is 28.8 Å². The molecule has 0 fully saturated rings. The maximum atomic E-state index is 11.9. The van der Waals surface area contributed by atoms with Crippen LogP contribution in [0.4, 0.5) is 0 Å². The molecule has 1 amide bonds. The largest absolute Gasteiger partial charge is 0.456 e. The molecule has 2 aromatic rings. The van der Waals surface area contributed by atoms with Crippen LogP contribution in [0.25, 0.3) is 11.4 Å². The summed E-state index contributed by atoms with van der Waals surface area (Å²) in [5.41, 5.74) is 5.48. The highest BCUT2D eigenvalue weighted by Gasteiger charge is 2.18. The Morgan fingerprint density at radius 1 is 1.19 bits per heavy atom. The first-order chi connectivity index (χ1) is 9.76. The van der Waals surface area contributed by atoms with Crippen LogP contribution in [-0.2, 0) is 4.74 Å². The zero-order valence-corrected chi connectivity index (χ0v) is 11.9. The second-order valence-corrected chi connectivity index (χ2v) is 5.37. The maximum Gasteiger partial charge on any atom is 0.338 e. The fraction of sp³-hybridized carbons (Fsp3) is 0.286. The molecular weight excluding hydrogens is 274 g/mol. The summed E-state index contributed by atoms with van der Waals surface area (Å²) in [6.45, 7) is 5.39. The standard InChI is InChI=1S/C14H15N3O4/c1-14(2,3)20-13(19)9-6-4-8(5-7-9)11-16-12(10(15)18)21-17-11/h4-7H,1-3H3,(H2,15,18). The highest BCUT2D eigenvalue weighted by atomic mass is 16.6. The van der Waals surface area contributed by atoms with Crippen molar-refractivity contribution in [2.45, 2.75) is 26.4 Å². The number of hydrogen-bond donors (Lipinski definition) is 1. The van der Waals surface area contributed by atoms with Crippen molar-refractivity contribution in [2.24, 2.45) is 5.73 Å². The summed E-state index contributed by atoms with van der Waals surface area (Å²) >= 11 is 0. The van der Waals surface area contributed by atoms with Crippen molar-refractivity contribution in [3.8, 4) is 11.4 Å². The van der Waals surface area contributed by atoms with E-state index in [1.54, 1.807) is 45.0 Å². The van der Waals surface area contributed by atoms with Gasteiger partial charge >= 0.3 is 17.8 Å². The number of amides is 1. The minimum Gasteiger partial charge on any atom is -0.456 e. The minimum atomic E-state index is -0.792. The van der Waals surface area contributed by atoms with Crippen molar-refractivity contribution < 1.29 is 18.8 Å². The molecule has 0 bridgehead atoms. The molecule has 0 saturated carbocycles. The molecule has 0 aliphatic rings. The summed E-state index contributed by atoms with van der Waals surface area (Å²) < 4.78 is 9.95. The Hall–Kier alpha value is -2.70. The zero-order valence-electron chi connectivity index (χ0n) is 11.9. The Bertz CT molecular complexity index is 668. The Kier molecular flexibility index (Phi) is 3.75. The molecule has 1 aromatic heterocycles. The van der Waals surface area contributed by atoms with E-state index in [1.165, 1.54) is 0 Å². The molecule has 0 atom stereocenters. The van der Waals surface area contributed by atoms with Crippen molar-refractivity contribution in [3.05, 3.63) is 35.7 Å². The van der Waals surface area contributed by atoms with Gasteiger partial charge in [-0.05, 0) is 32.9 Å². The van der Waals surface area contributed by atoms with Crippen LogP contribution in [0.1, 0.15) is 41.8 Å². The van der Waals surface area contributed by atoms with E-state index >= 15 is 0 Å². The number of ether oxygens (including phenoxy) is 1. The molecule has 1 aromatic carbocycles. The van der Waals surface area contributed by atoms with Crippen LogP contribution < -0.4 is 5.73 Å². The smallest absolute Gasteiger partial charge is 0.338 e. The Morgan fingerprint density at radius 2 is 1.81 bits per heavy atom. The quantitative estimate of drug-likeness (QED) is 0.863. The van der Waals surface area contributed by atoms with Gasteiger partial charge in [-0.25, -0.2) is 4.79 Å². The van der Waals surface area contributed by atoms with Gasteiger partial charge in [0.1, 0.15) is 5.60 Å². The number of nitrogens with two attached hydrogens (primary N) is 1. The van der Waals surface area contributed by atoms with E-state index in [1.807, 2.05) is 0 Å². The third-order valence-corrected chi connectivity index (χ3v) is 2.41. The number of carbonyl (C=O) groups is 2. The first-order valence-corrected chi connectivity index (χ1v) is 6.23. The van der Waals surface area contributed by atoms with Gasteiger partial charge in [0.25, 0.3) is 0 Å². The van der Waals surface area contributed by atoms with Crippen molar-refractivity contribution >= 4 is 11.9 Å². The van der Waals surface area contributed by atoms with Crippen molar-refractivity contribution in [3.63, 3.8) is 0 Å². The highest BCUT2D eigenvalue weighted by Crippen LogP contribution is 2.18. The van der Waals surface area contributed by atoms with E-state index in [2.05, 4.69) is 10.1 Å². The molecule has 7 nitrogen and oxygen atoms in total. The predicted octanol–water partition coefficient (Wildman–Crippen LogP) is 1.79. The van der Waals surface area contributed by atoms with E-state index < -0.39 is 17.5 Å². The fourth-order valence-corrected chi connectivity index (χ4v) is 1.53. The van der Waals surface area contributed by atoms with Gasteiger partial charge in [0.15, 0.2) is 0 Å². The topological polar surface area (TPSA) is 108 Å². The summed E-state index contributed by atoms with van der Waals surface area (Å²) in [5.74, 6) is -1.25. The van der Waals surface area contributed by atoms with Crippen LogP contribution in [0.5, 0.6) is 0 Å². The molecule has 0 unspecified atom stereocenters. The number of nitrogens with zero attached hydrogens (tertiary/aromatic N) is 2. The summed E-state index contributed by atoms with van der Waals surface area (Å²) in [5, 5.41) is 3.64. The summed E-state index contributed by atoms with van der Waals surface area (Å²) in [7, 11) is 0. The fourth-order valence-electron chi connectivity index (χ4n) is 1.53.